The first-order valence-electron chi connectivity index (χ1n) is 8.33. The molecule has 0 bridgehead atoms. The molecule has 0 radical (unpaired) electrons. The lowest BCUT2D eigenvalue weighted by atomic mass is 10.1. The van der Waals surface area contributed by atoms with Gasteiger partial charge in [0.15, 0.2) is 0 Å². The second-order valence-electron chi connectivity index (χ2n) is 6.46. The Balaban J connectivity index is 1.48. The summed E-state index contributed by atoms with van der Waals surface area (Å²) >= 11 is 5.96. The number of hydrogen-bond acceptors (Lipinski definition) is 4. The van der Waals surface area contributed by atoms with Crippen molar-refractivity contribution in [1.29, 1.82) is 0 Å². The molecule has 3 aromatic rings. The van der Waals surface area contributed by atoms with Gasteiger partial charge >= 0.3 is 0 Å². The molecule has 140 valence electrons. The number of rotatable bonds is 4. The summed E-state index contributed by atoms with van der Waals surface area (Å²) in [5, 5.41) is 3.45. The van der Waals surface area contributed by atoms with E-state index in [4.69, 9.17) is 11.6 Å². The van der Waals surface area contributed by atoms with Gasteiger partial charge in [-0.25, -0.2) is 13.4 Å². The summed E-state index contributed by atoms with van der Waals surface area (Å²) in [7, 11) is -3.30. The molecule has 1 aromatic carbocycles. The molecule has 0 aliphatic carbocycles. The fraction of sp³-hybridized carbons (Fsp3) is 0.222. The number of carbonyl (C=O) groups excluding carboxylic acids is 1. The lowest BCUT2D eigenvalue weighted by molar-refractivity contribution is 0.0950. The first-order valence-corrected chi connectivity index (χ1v) is 10.6. The highest BCUT2D eigenvalue weighted by Gasteiger charge is 2.26. The minimum atomic E-state index is -3.30. The number of halogens is 1. The van der Waals surface area contributed by atoms with Gasteiger partial charge in [0.25, 0.3) is 5.91 Å². The molecule has 1 amide bonds. The van der Waals surface area contributed by atoms with Crippen LogP contribution in [0.3, 0.4) is 0 Å². The Morgan fingerprint density at radius 1 is 1.26 bits per heavy atom. The molecule has 1 aliphatic rings. The normalized spacial score (nSPS) is 13.8. The van der Waals surface area contributed by atoms with Crippen LogP contribution in [0.5, 0.6) is 0 Å². The highest BCUT2D eigenvalue weighted by atomic mass is 35.5. The van der Waals surface area contributed by atoms with Gasteiger partial charge in [0, 0.05) is 24.5 Å². The predicted octanol–water partition coefficient (Wildman–Crippen LogP) is 2.24. The van der Waals surface area contributed by atoms with Crippen LogP contribution >= 0.6 is 11.6 Å². The molecule has 4 rings (SSSR count). The van der Waals surface area contributed by atoms with Crippen LogP contribution in [0.1, 0.15) is 21.6 Å². The van der Waals surface area contributed by atoms with Crippen LogP contribution in [-0.2, 0) is 23.0 Å². The molecule has 0 atom stereocenters. The monoisotopic (exact) mass is 404 g/mol. The van der Waals surface area contributed by atoms with Crippen LogP contribution in [-0.4, -0.2) is 36.5 Å². The number of carbonyl (C=O) groups is 1. The largest absolute Gasteiger partial charge is 0.346 e. The van der Waals surface area contributed by atoms with E-state index in [2.05, 4.69) is 10.3 Å². The van der Waals surface area contributed by atoms with E-state index in [1.54, 1.807) is 34.9 Å². The standard InChI is InChI=1S/C18H17ClN4O3S/c1-27(25,26)23-7-6-12-8-13(2-4-16(12)23)18(24)20-9-15-11-22-10-14(19)3-5-17(22)21-15/h2-5,8,10-11H,6-7,9H2,1H3,(H,20,24). The molecule has 2 aromatic heterocycles. The minimum absolute atomic E-state index is 0.231. The van der Waals surface area contributed by atoms with Gasteiger partial charge in [0.05, 0.1) is 29.2 Å². The van der Waals surface area contributed by atoms with E-state index in [9.17, 15) is 13.2 Å². The summed E-state index contributed by atoms with van der Waals surface area (Å²) in [5.41, 5.74) is 3.47. The summed E-state index contributed by atoms with van der Waals surface area (Å²) < 4.78 is 26.8. The molecule has 0 fully saturated rings. The van der Waals surface area contributed by atoms with Crippen molar-refractivity contribution >= 4 is 38.9 Å². The molecule has 0 unspecified atom stereocenters. The van der Waals surface area contributed by atoms with Crippen LogP contribution in [0.25, 0.3) is 5.65 Å². The summed E-state index contributed by atoms with van der Waals surface area (Å²) in [6.45, 7) is 0.688. The first kappa shape index (κ1) is 17.8. The number of nitrogens with zero attached hydrogens (tertiary/aromatic N) is 3. The van der Waals surface area contributed by atoms with Crippen molar-refractivity contribution in [2.24, 2.45) is 0 Å². The van der Waals surface area contributed by atoms with Gasteiger partial charge in [-0.3, -0.25) is 9.10 Å². The molecule has 1 N–H and O–H groups in total. The van der Waals surface area contributed by atoms with E-state index in [-0.39, 0.29) is 12.5 Å². The highest BCUT2D eigenvalue weighted by Crippen LogP contribution is 2.30. The zero-order valence-electron chi connectivity index (χ0n) is 14.5. The maximum absolute atomic E-state index is 12.5. The molecule has 7 nitrogen and oxygen atoms in total. The minimum Gasteiger partial charge on any atom is -0.346 e. The van der Waals surface area contributed by atoms with E-state index in [1.807, 2.05) is 12.3 Å². The Kier molecular flexibility index (Phi) is 4.32. The Bertz CT molecular complexity index is 1160. The van der Waals surface area contributed by atoms with Crippen molar-refractivity contribution in [3.05, 3.63) is 64.6 Å². The number of benzene rings is 1. The van der Waals surface area contributed by atoms with E-state index in [0.29, 0.717) is 29.2 Å². The summed E-state index contributed by atoms with van der Waals surface area (Å²) in [6.07, 6.45) is 5.35. The number of nitrogens with one attached hydrogen (secondary N) is 1. The maximum atomic E-state index is 12.5. The van der Waals surface area contributed by atoms with Gasteiger partial charge in [-0.2, -0.15) is 0 Å². The third kappa shape index (κ3) is 3.50. The number of amides is 1. The Morgan fingerprint density at radius 3 is 2.85 bits per heavy atom. The molecule has 9 heteroatoms. The van der Waals surface area contributed by atoms with E-state index >= 15 is 0 Å². The Hall–Kier alpha value is -2.58. The average molecular weight is 405 g/mol. The van der Waals surface area contributed by atoms with Gasteiger partial charge < -0.3 is 9.72 Å². The van der Waals surface area contributed by atoms with Crippen LogP contribution in [0.4, 0.5) is 5.69 Å². The first-order chi connectivity index (χ1) is 12.8. The number of fused-ring (bicyclic) bond motifs is 2. The van der Waals surface area contributed by atoms with Gasteiger partial charge in [0.2, 0.25) is 10.0 Å². The van der Waals surface area contributed by atoms with Crippen LogP contribution in [0, 0.1) is 0 Å². The predicted molar refractivity (Wildman–Crippen MR) is 104 cm³/mol. The number of pyridine rings is 1. The smallest absolute Gasteiger partial charge is 0.251 e. The van der Waals surface area contributed by atoms with Gasteiger partial charge in [0.1, 0.15) is 5.65 Å². The van der Waals surface area contributed by atoms with E-state index in [1.165, 1.54) is 10.6 Å². The topological polar surface area (TPSA) is 83.8 Å². The third-order valence-corrected chi connectivity index (χ3v) is 5.89. The Morgan fingerprint density at radius 2 is 2.07 bits per heavy atom. The van der Waals surface area contributed by atoms with Gasteiger partial charge in [-0.1, -0.05) is 11.6 Å². The number of sulfonamides is 1. The highest BCUT2D eigenvalue weighted by molar-refractivity contribution is 7.92. The van der Waals surface area contributed by atoms with E-state index in [0.717, 1.165) is 16.9 Å². The van der Waals surface area contributed by atoms with Crippen molar-refractivity contribution in [2.75, 3.05) is 17.1 Å². The number of anilines is 1. The van der Waals surface area contributed by atoms with Crippen molar-refractivity contribution in [1.82, 2.24) is 14.7 Å². The van der Waals surface area contributed by atoms with Crippen molar-refractivity contribution < 1.29 is 13.2 Å². The molecule has 0 saturated carbocycles. The number of hydrogen-bond donors (Lipinski definition) is 1. The van der Waals surface area contributed by atoms with E-state index < -0.39 is 10.0 Å². The van der Waals surface area contributed by atoms with Crippen molar-refractivity contribution in [3.63, 3.8) is 0 Å². The lowest BCUT2D eigenvalue weighted by Gasteiger charge is -2.16. The zero-order valence-corrected chi connectivity index (χ0v) is 16.1. The molecule has 0 saturated heterocycles. The maximum Gasteiger partial charge on any atom is 0.251 e. The average Bonchev–Trinajstić information content (AvgIpc) is 3.21. The quantitative estimate of drug-likeness (QED) is 0.722. The van der Waals surface area contributed by atoms with Gasteiger partial charge in [-0.15, -0.1) is 0 Å². The summed E-state index contributed by atoms with van der Waals surface area (Å²) in [5.74, 6) is -0.231. The SMILES string of the molecule is CS(=O)(=O)N1CCc2cc(C(=O)NCc3cn4cc(Cl)ccc4n3)ccc21. The van der Waals surface area contributed by atoms with Crippen LogP contribution in [0.15, 0.2) is 42.7 Å². The second-order valence-corrected chi connectivity index (χ2v) is 8.80. The molecule has 0 spiro atoms. The van der Waals surface area contributed by atoms with Crippen LogP contribution in [0.2, 0.25) is 5.02 Å². The lowest BCUT2D eigenvalue weighted by Crippen LogP contribution is -2.27. The third-order valence-electron chi connectivity index (χ3n) is 4.49. The zero-order chi connectivity index (χ0) is 19.2. The molecule has 1 aliphatic heterocycles. The molecule has 3 heterocycles. The molecule has 27 heavy (non-hydrogen) atoms. The second kappa shape index (κ2) is 6.54. The van der Waals surface area contributed by atoms with Crippen molar-refractivity contribution in [2.45, 2.75) is 13.0 Å². The number of aromatic nitrogens is 2. The fourth-order valence-electron chi connectivity index (χ4n) is 3.23. The van der Waals surface area contributed by atoms with Crippen LogP contribution < -0.4 is 9.62 Å². The number of imidazole rings is 1. The Labute approximate surface area is 161 Å². The van der Waals surface area contributed by atoms with Gasteiger partial charge in [-0.05, 0) is 42.3 Å². The fourth-order valence-corrected chi connectivity index (χ4v) is 4.36. The summed E-state index contributed by atoms with van der Waals surface area (Å²) in [6, 6.07) is 8.64. The van der Waals surface area contributed by atoms with Crippen molar-refractivity contribution in [3.8, 4) is 0 Å². The molecular formula is C18H17ClN4O3S. The molecular weight excluding hydrogens is 388 g/mol. The summed E-state index contributed by atoms with van der Waals surface area (Å²) in [4.78, 5) is 16.9.